The molecule has 1 amide bonds. The van der Waals surface area contributed by atoms with Crippen molar-refractivity contribution in [2.75, 3.05) is 18.6 Å². The quantitative estimate of drug-likeness (QED) is 0.634. The van der Waals surface area contributed by atoms with Crippen molar-refractivity contribution in [3.05, 3.63) is 11.1 Å². The van der Waals surface area contributed by atoms with Gasteiger partial charge < -0.3 is 4.74 Å². The summed E-state index contributed by atoms with van der Waals surface area (Å²) in [4.78, 5) is 28.4. The van der Waals surface area contributed by atoms with Crippen LogP contribution >= 0.6 is 24.0 Å². The van der Waals surface area contributed by atoms with E-state index < -0.39 is 5.97 Å². The number of esters is 1. The van der Waals surface area contributed by atoms with Crippen LogP contribution in [0.15, 0.2) is 5.38 Å². The molecule has 1 aromatic heterocycles. The van der Waals surface area contributed by atoms with Crippen molar-refractivity contribution in [2.24, 2.45) is 0 Å². The van der Waals surface area contributed by atoms with Crippen LogP contribution in [0.4, 0.5) is 5.13 Å². The number of nitrogens with zero attached hydrogens (tertiary/aromatic N) is 2. The molecule has 2 heterocycles. The standard InChI is InChI=1S/C9H10N2O3S2/c1-14-8(13)6-4-16-9(10-6)11-3-5(15)2-7(11)12/h4-5,15H,2-3H2,1H3. The van der Waals surface area contributed by atoms with Gasteiger partial charge in [0.25, 0.3) is 0 Å². The van der Waals surface area contributed by atoms with Crippen LogP contribution in [0.5, 0.6) is 0 Å². The van der Waals surface area contributed by atoms with E-state index in [-0.39, 0.29) is 16.9 Å². The number of hydrogen-bond donors (Lipinski definition) is 1. The molecule has 0 aromatic carbocycles. The summed E-state index contributed by atoms with van der Waals surface area (Å²) in [5, 5.41) is 2.15. The molecule has 0 saturated carbocycles. The third-order valence-corrected chi connectivity index (χ3v) is 3.43. The van der Waals surface area contributed by atoms with E-state index in [1.165, 1.54) is 18.4 Å². The van der Waals surface area contributed by atoms with Gasteiger partial charge in [-0.3, -0.25) is 9.69 Å². The molecular formula is C9H10N2O3S2. The van der Waals surface area contributed by atoms with E-state index in [4.69, 9.17) is 0 Å². The molecule has 0 spiro atoms. The Kier molecular flexibility index (Phi) is 3.15. The number of aromatic nitrogens is 1. The summed E-state index contributed by atoms with van der Waals surface area (Å²) in [5.41, 5.74) is 0.234. The molecule has 1 fully saturated rings. The van der Waals surface area contributed by atoms with E-state index in [9.17, 15) is 9.59 Å². The van der Waals surface area contributed by atoms with Crippen molar-refractivity contribution < 1.29 is 14.3 Å². The third-order valence-electron chi connectivity index (χ3n) is 2.22. The van der Waals surface area contributed by atoms with Gasteiger partial charge in [-0.2, -0.15) is 12.6 Å². The Balaban J connectivity index is 2.19. The average molecular weight is 258 g/mol. The second-order valence-corrected chi connectivity index (χ2v) is 4.94. The minimum atomic E-state index is -0.489. The molecular weight excluding hydrogens is 248 g/mol. The van der Waals surface area contributed by atoms with E-state index in [0.717, 1.165) is 0 Å². The molecule has 1 aromatic rings. The highest BCUT2D eigenvalue weighted by atomic mass is 32.1. The molecule has 5 nitrogen and oxygen atoms in total. The first-order valence-electron chi connectivity index (χ1n) is 4.64. The summed E-state index contributed by atoms with van der Waals surface area (Å²) < 4.78 is 4.55. The van der Waals surface area contributed by atoms with Crippen molar-refractivity contribution in [2.45, 2.75) is 11.7 Å². The lowest BCUT2D eigenvalue weighted by atomic mass is 10.4. The van der Waals surface area contributed by atoms with Gasteiger partial charge >= 0.3 is 5.97 Å². The number of hydrogen-bond acceptors (Lipinski definition) is 6. The largest absolute Gasteiger partial charge is 0.464 e. The van der Waals surface area contributed by atoms with Gasteiger partial charge in [0.05, 0.1) is 7.11 Å². The fourth-order valence-corrected chi connectivity index (χ4v) is 2.60. The molecule has 86 valence electrons. The second kappa shape index (κ2) is 4.42. The number of carbonyl (C=O) groups excluding carboxylic acids is 2. The minimum Gasteiger partial charge on any atom is -0.464 e. The van der Waals surface area contributed by atoms with Crippen LogP contribution in [0.3, 0.4) is 0 Å². The number of thiazole rings is 1. The van der Waals surface area contributed by atoms with E-state index in [1.54, 1.807) is 10.3 Å². The van der Waals surface area contributed by atoms with Gasteiger partial charge in [-0.05, 0) is 0 Å². The van der Waals surface area contributed by atoms with Crippen molar-refractivity contribution in [1.82, 2.24) is 4.98 Å². The number of carbonyl (C=O) groups is 2. The Morgan fingerprint density at radius 2 is 2.50 bits per heavy atom. The molecule has 2 rings (SSSR count). The Labute approximate surface area is 102 Å². The highest BCUT2D eigenvalue weighted by Crippen LogP contribution is 2.27. The van der Waals surface area contributed by atoms with E-state index >= 15 is 0 Å². The van der Waals surface area contributed by atoms with Crippen molar-refractivity contribution >= 4 is 41.0 Å². The van der Waals surface area contributed by atoms with Crippen LogP contribution in [-0.2, 0) is 9.53 Å². The first-order valence-corrected chi connectivity index (χ1v) is 6.03. The summed E-state index contributed by atoms with van der Waals surface area (Å²) in [5.74, 6) is -0.498. The van der Waals surface area contributed by atoms with E-state index in [1.807, 2.05) is 0 Å². The minimum absolute atomic E-state index is 0.00855. The van der Waals surface area contributed by atoms with Crippen LogP contribution in [0, 0.1) is 0 Å². The second-order valence-electron chi connectivity index (χ2n) is 3.37. The predicted molar refractivity (Wildman–Crippen MR) is 63.2 cm³/mol. The molecule has 1 saturated heterocycles. The maximum Gasteiger partial charge on any atom is 0.357 e. The first kappa shape index (κ1) is 11.4. The number of ether oxygens (including phenoxy) is 1. The van der Waals surface area contributed by atoms with Crippen LogP contribution in [0.1, 0.15) is 16.9 Å². The number of anilines is 1. The average Bonchev–Trinajstić information content (AvgIpc) is 2.83. The summed E-state index contributed by atoms with van der Waals surface area (Å²) in [7, 11) is 1.30. The molecule has 1 aliphatic heterocycles. The maximum absolute atomic E-state index is 11.6. The molecule has 1 atom stereocenters. The highest BCUT2D eigenvalue weighted by Gasteiger charge is 2.30. The zero-order chi connectivity index (χ0) is 11.7. The lowest BCUT2D eigenvalue weighted by molar-refractivity contribution is -0.117. The van der Waals surface area contributed by atoms with Crippen LogP contribution in [0.25, 0.3) is 0 Å². The highest BCUT2D eigenvalue weighted by molar-refractivity contribution is 7.81. The van der Waals surface area contributed by atoms with Crippen LogP contribution < -0.4 is 4.90 Å². The zero-order valence-corrected chi connectivity index (χ0v) is 10.3. The van der Waals surface area contributed by atoms with Gasteiger partial charge in [0.1, 0.15) is 0 Å². The molecule has 1 unspecified atom stereocenters. The Bertz CT molecular complexity index is 432. The van der Waals surface area contributed by atoms with Crippen LogP contribution in [-0.4, -0.2) is 35.8 Å². The molecule has 1 aliphatic rings. The van der Waals surface area contributed by atoms with E-state index in [0.29, 0.717) is 18.1 Å². The van der Waals surface area contributed by atoms with E-state index in [2.05, 4.69) is 22.3 Å². The first-order chi connectivity index (χ1) is 7.61. The van der Waals surface area contributed by atoms with Gasteiger partial charge in [0.15, 0.2) is 10.8 Å². The lowest BCUT2D eigenvalue weighted by Crippen LogP contribution is -2.24. The number of methoxy groups -OCH3 is 1. The summed E-state index contributed by atoms with van der Waals surface area (Å²) in [6, 6.07) is 0. The third kappa shape index (κ3) is 2.05. The topological polar surface area (TPSA) is 59.5 Å². The molecule has 7 heteroatoms. The van der Waals surface area contributed by atoms with Crippen molar-refractivity contribution in [3.63, 3.8) is 0 Å². The number of thiol groups is 1. The van der Waals surface area contributed by atoms with Gasteiger partial charge in [0.2, 0.25) is 5.91 Å². The summed E-state index contributed by atoms with van der Waals surface area (Å²) in [6.07, 6.45) is 0.413. The molecule has 0 radical (unpaired) electrons. The Morgan fingerprint density at radius 1 is 1.75 bits per heavy atom. The predicted octanol–water partition coefficient (Wildman–Crippen LogP) is 0.965. The lowest BCUT2D eigenvalue weighted by Gasteiger charge is -2.10. The fraction of sp³-hybridized carbons (Fsp3) is 0.444. The number of amides is 1. The number of rotatable bonds is 2. The van der Waals surface area contributed by atoms with Gasteiger partial charge in [-0.1, -0.05) is 0 Å². The maximum atomic E-state index is 11.6. The van der Waals surface area contributed by atoms with Gasteiger partial charge in [-0.15, -0.1) is 11.3 Å². The Hall–Kier alpha value is -1.08. The molecule has 0 N–H and O–H groups in total. The smallest absolute Gasteiger partial charge is 0.357 e. The van der Waals surface area contributed by atoms with Gasteiger partial charge in [0, 0.05) is 23.6 Å². The zero-order valence-electron chi connectivity index (χ0n) is 8.54. The molecule has 0 bridgehead atoms. The molecule has 0 aliphatic carbocycles. The Morgan fingerprint density at radius 3 is 3.06 bits per heavy atom. The fourth-order valence-electron chi connectivity index (χ4n) is 1.46. The van der Waals surface area contributed by atoms with Gasteiger partial charge in [-0.25, -0.2) is 9.78 Å². The monoisotopic (exact) mass is 258 g/mol. The molecule has 16 heavy (non-hydrogen) atoms. The normalized spacial score (nSPS) is 20.2. The summed E-state index contributed by atoms with van der Waals surface area (Å²) in [6.45, 7) is 0.538. The summed E-state index contributed by atoms with van der Waals surface area (Å²) >= 11 is 5.51. The van der Waals surface area contributed by atoms with Crippen molar-refractivity contribution in [3.8, 4) is 0 Å². The SMILES string of the molecule is COC(=O)c1csc(N2CC(S)CC2=O)n1. The van der Waals surface area contributed by atoms with Crippen molar-refractivity contribution in [1.29, 1.82) is 0 Å². The van der Waals surface area contributed by atoms with Crippen LogP contribution in [0.2, 0.25) is 0 Å².